The average molecular weight is 352 g/mol. The number of hydrogen-bond donors (Lipinski definition) is 0. The van der Waals surface area contributed by atoms with Crippen molar-refractivity contribution < 1.29 is 19.1 Å². The molecule has 0 bridgehead atoms. The number of Topliss-reactive ketones (excluding diaryl/α,β-unsaturated/α-hetero) is 2. The van der Waals surface area contributed by atoms with E-state index in [-0.39, 0.29) is 29.2 Å². The first-order valence-corrected chi connectivity index (χ1v) is 9.33. The molecule has 4 rings (SSSR count). The van der Waals surface area contributed by atoms with Crippen molar-refractivity contribution in [2.45, 2.75) is 65.2 Å². The van der Waals surface area contributed by atoms with Crippen LogP contribution in [0.2, 0.25) is 0 Å². The van der Waals surface area contributed by atoms with Gasteiger partial charge in [-0.2, -0.15) is 0 Å². The fourth-order valence-corrected chi connectivity index (χ4v) is 5.21. The molecule has 26 heavy (non-hydrogen) atoms. The van der Waals surface area contributed by atoms with Crippen LogP contribution in [0.15, 0.2) is 23.5 Å². The molecule has 4 nitrogen and oxygen atoms in total. The summed E-state index contributed by atoms with van der Waals surface area (Å²) in [6, 6.07) is 3.76. The van der Waals surface area contributed by atoms with Gasteiger partial charge in [-0.25, -0.2) is 0 Å². The Morgan fingerprint density at radius 2 is 1.77 bits per heavy atom. The predicted molar refractivity (Wildman–Crippen MR) is 97.3 cm³/mol. The summed E-state index contributed by atoms with van der Waals surface area (Å²) in [5.41, 5.74) is 2.65. The third-order valence-electron chi connectivity index (χ3n) is 6.57. The molecule has 1 saturated carbocycles. The first-order chi connectivity index (χ1) is 12.1. The zero-order chi connectivity index (χ0) is 19.0. The molecule has 0 aromatic heterocycles. The van der Waals surface area contributed by atoms with E-state index in [0.29, 0.717) is 17.5 Å². The maximum absolute atomic E-state index is 13.2. The van der Waals surface area contributed by atoms with E-state index >= 15 is 0 Å². The molecule has 0 radical (unpaired) electrons. The molecular formula is C22H24O4. The Kier molecular flexibility index (Phi) is 3.41. The van der Waals surface area contributed by atoms with Gasteiger partial charge in [0, 0.05) is 22.1 Å². The summed E-state index contributed by atoms with van der Waals surface area (Å²) in [6.07, 6.45) is 2.43. The van der Waals surface area contributed by atoms with Crippen LogP contribution in [0.5, 0.6) is 0 Å². The lowest BCUT2D eigenvalue weighted by Crippen LogP contribution is -2.43. The predicted octanol–water partition coefficient (Wildman–Crippen LogP) is 4.47. The highest BCUT2D eigenvalue weighted by Crippen LogP contribution is 2.60. The molecule has 2 unspecified atom stereocenters. The van der Waals surface area contributed by atoms with E-state index in [1.165, 1.54) is 0 Å². The zero-order valence-corrected chi connectivity index (χ0v) is 16.0. The van der Waals surface area contributed by atoms with Crippen molar-refractivity contribution in [3.63, 3.8) is 0 Å². The van der Waals surface area contributed by atoms with Gasteiger partial charge in [-0.1, -0.05) is 27.2 Å². The first-order valence-electron chi connectivity index (χ1n) is 9.33. The van der Waals surface area contributed by atoms with Gasteiger partial charge in [-0.3, -0.25) is 14.4 Å². The van der Waals surface area contributed by atoms with E-state index in [4.69, 9.17) is 4.74 Å². The van der Waals surface area contributed by atoms with E-state index in [0.717, 1.165) is 29.5 Å². The lowest BCUT2D eigenvalue weighted by atomic mass is 9.55. The van der Waals surface area contributed by atoms with Crippen LogP contribution in [-0.2, 0) is 14.9 Å². The van der Waals surface area contributed by atoms with Gasteiger partial charge in [0.1, 0.15) is 0 Å². The standard InChI is InChI=1S/C22H24O4/c1-11(2)13-9-15-16(10-14(13)12(3)23)21(4)7-6-8-22(5)19(21)18(17(15)24)26-20(22)25/h9-11H,6-8H2,1-5H3. The van der Waals surface area contributed by atoms with Gasteiger partial charge < -0.3 is 4.74 Å². The molecule has 136 valence electrons. The van der Waals surface area contributed by atoms with Gasteiger partial charge >= 0.3 is 5.97 Å². The molecule has 2 atom stereocenters. The third kappa shape index (κ3) is 1.93. The number of hydrogen-bond acceptors (Lipinski definition) is 4. The fourth-order valence-electron chi connectivity index (χ4n) is 5.21. The number of benzene rings is 1. The van der Waals surface area contributed by atoms with Gasteiger partial charge in [0.2, 0.25) is 5.78 Å². The molecule has 2 aliphatic carbocycles. The lowest BCUT2D eigenvalue weighted by Gasteiger charge is -2.45. The van der Waals surface area contributed by atoms with Crippen molar-refractivity contribution in [1.82, 2.24) is 0 Å². The minimum absolute atomic E-state index is 0.00430. The number of ether oxygens (including phenoxy) is 1. The molecule has 4 heteroatoms. The fraction of sp³-hybridized carbons (Fsp3) is 0.500. The second-order valence-corrected chi connectivity index (χ2v) is 8.64. The number of esters is 1. The van der Waals surface area contributed by atoms with E-state index in [9.17, 15) is 14.4 Å². The summed E-state index contributed by atoms with van der Waals surface area (Å²) in [7, 11) is 0. The van der Waals surface area contributed by atoms with Gasteiger partial charge in [-0.05, 0) is 55.9 Å². The highest BCUT2D eigenvalue weighted by molar-refractivity contribution is 6.15. The Morgan fingerprint density at radius 3 is 2.38 bits per heavy atom. The van der Waals surface area contributed by atoms with E-state index in [2.05, 4.69) is 6.92 Å². The highest BCUT2D eigenvalue weighted by Gasteiger charge is 2.60. The summed E-state index contributed by atoms with van der Waals surface area (Å²) in [5, 5.41) is 0. The number of carbonyl (C=O) groups excluding carboxylic acids is 3. The highest BCUT2D eigenvalue weighted by atomic mass is 16.5. The lowest BCUT2D eigenvalue weighted by molar-refractivity contribution is -0.145. The summed E-state index contributed by atoms with van der Waals surface area (Å²) in [4.78, 5) is 38.1. The van der Waals surface area contributed by atoms with Crippen LogP contribution in [0.4, 0.5) is 0 Å². The minimum atomic E-state index is -0.733. The number of allylic oxidation sites excluding steroid dienone is 1. The average Bonchev–Trinajstić information content (AvgIpc) is 2.85. The van der Waals surface area contributed by atoms with Gasteiger partial charge in [0.05, 0.1) is 5.41 Å². The van der Waals surface area contributed by atoms with Crippen molar-refractivity contribution in [3.8, 4) is 0 Å². The molecule has 0 amide bonds. The van der Waals surface area contributed by atoms with E-state index in [1.807, 2.05) is 32.9 Å². The number of rotatable bonds is 2. The minimum Gasteiger partial charge on any atom is -0.422 e. The summed E-state index contributed by atoms with van der Waals surface area (Å²) in [5.74, 6) is -0.172. The smallest absolute Gasteiger partial charge is 0.321 e. The molecule has 1 aromatic rings. The molecule has 0 N–H and O–H groups in total. The largest absolute Gasteiger partial charge is 0.422 e. The molecule has 1 heterocycles. The quantitative estimate of drug-likeness (QED) is 0.582. The summed E-state index contributed by atoms with van der Waals surface area (Å²) in [6.45, 7) is 9.58. The van der Waals surface area contributed by atoms with Gasteiger partial charge in [0.25, 0.3) is 0 Å². The van der Waals surface area contributed by atoms with Crippen molar-refractivity contribution in [1.29, 1.82) is 0 Å². The van der Waals surface area contributed by atoms with Crippen molar-refractivity contribution >= 4 is 17.5 Å². The van der Waals surface area contributed by atoms with Gasteiger partial charge in [-0.15, -0.1) is 0 Å². The van der Waals surface area contributed by atoms with Crippen molar-refractivity contribution in [2.24, 2.45) is 5.41 Å². The van der Waals surface area contributed by atoms with Crippen LogP contribution in [0, 0.1) is 5.41 Å². The number of fused-ring (bicyclic) bond motifs is 2. The number of carbonyl (C=O) groups is 3. The Morgan fingerprint density at radius 1 is 1.12 bits per heavy atom. The van der Waals surface area contributed by atoms with E-state index < -0.39 is 10.8 Å². The van der Waals surface area contributed by atoms with Crippen LogP contribution in [0.1, 0.15) is 91.6 Å². The molecule has 1 aromatic carbocycles. The van der Waals surface area contributed by atoms with Crippen molar-refractivity contribution in [2.75, 3.05) is 0 Å². The van der Waals surface area contributed by atoms with Crippen LogP contribution in [0.25, 0.3) is 0 Å². The molecular weight excluding hydrogens is 328 g/mol. The van der Waals surface area contributed by atoms with Crippen LogP contribution >= 0.6 is 0 Å². The summed E-state index contributed by atoms with van der Waals surface area (Å²) >= 11 is 0. The second kappa shape index (κ2) is 5.15. The van der Waals surface area contributed by atoms with Crippen LogP contribution < -0.4 is 0 Å². The topological polar surface area (TPSA) is 60.4 Å². The van der Waals surface area contributed by atoms with Gasteiger partial charge in [0.15, 0.2) is 11.5 Å². The normalized spacial score (nSPS) is 29.6. The van der Waals surface area contributed by atoms with E-state index in [1.54, 1.807) is 6.92 Å². The molecule has 0 spiro atoms. The Labute approximate surface area is 153 Å². The molecule has 0 saturated heterocycles. The zero-order valence-electron chi connectivity index (χ0n) is 16.0. The van der Waals surface area contributed by atoms with Crippen LogP contribution in [-0.4, -0.2) is 17.5 Å². The molecule has 3 aliphatic rings. The maximum atomic E-state index is 13.2. The Balaban J connectivity index is 2.05. The Bertz CT molecular complexity index is 920. The number of ketones is 2. The van der Waals surface area contributed by atoms with Crippen LogP contribution in [0.3, 0.4) is 0 Å². The monoisotopic (exact) mass is 352 g/mol. The first kappa shape index (κ1) is 17.2. The van der Waals surface area contributed by atoms with Crippen molar-refractivity contribution in [3.05, 3.63) is 45.7 Å². The SMILES string of the molecule is CC(=O)c1cc2c(cc1C(C)C)C(=O)C1=C3C(C)(CCCC32C)C(=O)O1. The second-order valence-electron chi connectivity index (χ2n) is 8.64. The Hall–Kier alpha value is -2.23. The molecule has 1 aliphatic heterocycles. The summed E-state index contributed by atoms with van der Waals surface area (Å²) < 4.78 is 5.52. The maximum Gasteiger partial charge on any atom is 0.321 e. The molecule has 1 fully saturated rings. The third-order valence-corrected chi connectivity index (χ3v) is 6.57.